The molecule has 0 spiro atoms. The molecule has 4 rings (SSSR count). The van der Waals surface area contributed by atoms with Crippen molar-refractivity contribution in [2.24, 2.45) is 17.8 Å². The lowest BCUT2D eigenvalue weighted by molar-refractivity contribution is -0.0429. The quantitative estimate of drug-likeness (QED) is 0.640. The van der Waals surface area contributed by atoms with E-state index in [1.807, 2.05) is 0 Å². The zero-order chi connectivity index (χ0) is 9.54. The molecule has 76 valence electrons. The van der Waals surface area contributed by atoms with Crippen molar-refractivity contribution in [2.45, 2.75) is 18.9 Å². The Labute approximate surface area is 86.0 Å². The summed E-state index contributed by atoms with van der Waals surface area (Å²) in [5.41, 5.74) is 0. The van der Waals surface area contributed by atoms with Crippen LogP contribution >= 0.6 is 0 Å². The Morgan fingerprint density at radius 3 is 2.50 bits per heavy atom. The molecule has 0 radical (unpaired) electrons. The maximum Gasteiger partial charge on any atom is 0.0576 e. The van der Waals surface area contributed by atoms with E-state index in [9.17, 15) is 0 Å². The molecule has 2 unspecified atom stereocenters. The summed E-state index contributed by atoms with van der Waals surface area (Å²) in [7, 11) is 0. The van der Waals surface area contributed by atoms with Gasteiger partial charge in [0, 0.05) is 25.7 Å². The average Bonchev–Trinajstić information content (AvgIpc) is 2.15. The van der Waals surface area contributed by atoms with Crippen LogP contribution in [0.25, 0.3) is 0 Å². The minimum atomic E-state index is 0.721. The Bertz CT molecular complexity index is 238. The molecule has 1 aliphatic carbocycles. The van der Waals surface area contributed by atoms with E-state index in [1.165, 1.54) is 32.5 Å². The highest BCUT2D eigenvalue weighted by Crippen LogP contribution is 2.43. The first kappa shape index (κ1) is 8.76. The first-order valence-corrected chi connectivity index (χ1v) is 5.76. The number of rotatable bonds is 2. The maximum atomic E-state index is 5.31. The van der Waals surface area contributed by atoms with E-state index >= 15 is 0 Å². The summed E-state index contributed by atoms with van der Waals surface area (Å²) in [6.45, 7) is 4.75. The molecule has 14 heavy (non-hydrogen) atoms. The Balaban J connectivity index is 1.72. The lowest BCUT2D eigenvalue weighted by Crippen LogP contribution is -2.63. The van der Waals surface area contributed by atoms with Crippen molar-refractivity contribution in [1.82, 2.24) is 10.2 Å². The van der Waals surface area contributed by atoms with Crippen molar-refractivity contribution in [1.29, 1.82) is 0 Å². The third kappa shape index (κ3) is 1.27. The first-order chi connectivity index (χ1) is 6.86. The highest BCUT2D eigenvalue weighted by atomic mass is 15.2. The van der Waals surface area contributed by atoms with Gasteiger partial charge in [-0.3, -0.25) is 0 Å². The zero-order valence-corrected chi connectivity index (χ0v) is 8.58. The molecule has 3 saturated heterocycles. The Kier molecular flexibility index (Phi) is 2.04. The normalized spacial score (nSPS) is 49.2. The van der Waals surface area contributed by atoms with Gasteiger partial charge in [-0.1, -0.05) is 5.92 Å². The second-order valence-corrected chi connectivity index (χ2v) is 5.19. The molecule has 0 aromatic rings. The fraction of sp³-hybridized carbons (Fsp3) is 0.833. The van der Waals surface area contributed by atoms with Crippen LogP contribution < -0.4 is 5.32 Å². The van der Waals surface area contributed by atoms with Gasteiger partial charge in [0.1, 0.15) is 0 Å². The molecule has 2 atom stereocenters. The molecular weight excluding hydrogens is 172 g/mol. The molecule has 1 saturated carbocycles. The third-order valence-electron chi connectivity index (χ3n) is 4.23. The first-order valence-electron chi connectivity index (χ1n) is 5.76. The van der Waals surface area contributed by atoms with E-state index in [1.54, 1.807) is 0 Å². The molecule has 3 aliphatic heterocycles. The molecular formula is C12H18N2. The zero-order valence-electron chi connectivity index (χ0n) is 8.58. The molecule has 1 N–H and O–H groups in total. The van der Waals surface area contributed by atoms with Gasteiger partial charge in [-0.25, -0.2) is 0 Å². The summed E-state index contributed by atoms with van der Waals surface area (Å²) < 4.78 is 0. The Morgan fingerprint density at radius 2 is 1.93 bits per heavy atom. The van der Waals surface area contributed by atoms with Crippen molar-refractivity contribution < 1.29 is 0 Å². The summed E-state index contributed by atoms with van der Waals surface area (Å²) in [5.74, 6) is 5.47. The second kappa shape index (κ2) is 3.25. The van der Waals surface area contributed by atoms with Crippen LogP contribution in [0.3, 0.4) is 0 Å². The topological polar surface area (TPSA) is 15.3 Å². The minimum absolute atomic E-state index is 0.721. The molecule has 2 nitrogen and oxygen atoms in total. The monoisotopic (exact) mass is 190 g/mol. The van der Waals surface area contributed by atoms with E-state index in [2.05, 4.69) is 16.1 Å². The van der Waals surface area contributed by atoms with Gasteiger partial charge in [-0.05, 0) is 30.6 Å². The lowest BCUT2D eigenvalue weighted by Gasteiger charge is -2.56. The highest BCUT2D eigenvalue weighted by molar-refractivity contribution is 5.03. The fourth-order valence-electron chi connectivity index (χ4n) is 3.92. The lowest BCUT2D eigenvalue weighted by atomic mass is 9.65. The summed E-state index contributed by atoms with van der Waals surface area (Å²) in [4.78, 5) is 2.65. The molecule has 2 heteroatoms. The van der Waals surface area contributed by atoms with Gasteiger partial charge in [-0.2, -0.15) is 0 Å². The van der Waals surface area contributed by atoms with Crippen molar-refractivity contribution in [3.63, 3.8) is 0 Å². The van der Waals surface area contributed by atoms with Crippen molar-refractivity contribution in [3.05, 3.63) is 0 Å². The smallest absolute Gasteiger partial charge is 0.0576 e. The predicted molar refractivity (Wildman–Crippen MR) is 56.8 cm³/mol. The molecule has 4 bridgehead atoms. The summed E-state index contributed by atoms with van der Waals surface area (Å²) in [5, 5.41) is 3.55. The largest absolute Gasteiger partial charge is 0.303 e. The molecule has 0 aromatic carbocycles. The van der Waals surface area contributed by atoms with Gasteiger partial charge in [0.05, 0.1) is 6.54 Å². The van der Waals surface area contributed by atoms with Crippen molar-refractivity contribution >= 4 is 0 Å². The van der Waals surface area contributed by atoms with Gasteiger partial charge in [0.2, 0.25) is 0 Å². The standard InChI is InChI=1S/C12H18N2/c1-2-3-13-12-10-4-9-5-11(12)8-14(6-9)7-10/h1,9-13H,3-8H2. The number of terminal acetylenes is 1. The SMILES string of the molecule is C#CCNC1C2CC3CC1CN(C3)C2. The minimum Gasteiger partial charge on any atom is -0.303 e. The third-order valence-corrected chi connectivity index (χ3v) is 4.23. The van der Waals surface area contributed by atoms with Crippen LogP contribution in [0.2, 0.25) is 0 Å². The van der Waals surface area contributed by atoms with Crippen LogP contribution in [0, 0.1) is 30.1 Å². The summed E-state index contributed by atoms with van der Waals surface area (Å²) in [6, 6.07) is 0.721. The van der Waals surface area contributed by atoms with Crippen molar-refractivity contribution in [2.75, 3.05) is 26.2 Å². The Hall–Kier alpha value is -0.520. The van der Waals surface area contributed by atoms with Gasteiger partial charge < -0.3 is 10.2 Å². The second-order valence-electron chi connectivity index (χ2n) is 5.19. The Morgan fingerprint density at radius 1 is 1.21 bits per heavy atom. The molecule has 4 aliphatic rings. The molecule has 0 amide bonds. The van der Waals surface area contributed by atoms with E-state index in [-0.39, 0.29) is 0 Å². The predicted octanol–water partition coefficient (Wildman–Crippen LogP) is 0.549. The van der Waals surface area contributed by atoms with Crippen LogP contribution in [0.4, 0.5) is 0 Å². The van der Waals surface area contributed by atoms with Gasteiger partial charge in [-0.15, -0.1) is 6.42 Å². The number of hydrogen-bond donors (Lipinski definition) is 1. The van der Waals surface area contributed by atoms with E-state index in [0.29, 0.717) is 0 Å². The molecule has 4 fully saturated rings. The van der Waals surface area contributed by atoms with Crippen LogP contribution in [0.5, 0.6) is 0 Å². The number of hydrogen-bond acceptors (Lipinski definition) is 2. The van der Waals surface area contributed by atoms with Crippen LogP contribution in [-0.2, 0) is 0 Å². The number of nitrogens with zero attached hydrogens (tertiary/aromatic N) is 1. The summed E-state index contributed by atoms with van der Waals surface area (Å²) >= 11 is 0. The average molecular weight is 190 g/mol. The molecule has 0 aromatic heterocycles. The van der Waals surface area contributed by atoms with Crippen LogP contribution in [0.15, 0.2) is 0 Å². The highest BCUT2D eigenvalue weighted by Gasteiger charge is 2.46. The van der Waals surface area contributed by atoms with E-state index < -0.39 is 0 Å². The maximum absolute atomic E-state index is 5.31. The van der Waals surface area contributed by atoms with Gasteiger partial charge in [0.15, 0.2) is 0 Å². The van der Waals surface area contributed by atoms with E-state index in [0.717, 1.165) is 30.3 Å². The number of piperidine rings is 3. The van der Waals surface area contributed by atoms with Crippen LogP contribution in [-0.4, -0.2) is 37.1 Å². The van der Waals surface area contributed by atoms with Gasteiger partial charge >= 0.3 is 0 Å². The van der Waals surface area contributed by atoms with Gasteiger partial charge in [0.25, 0.3) is 0 Å². The molecule has 3 heterocycles. The van der Waals surface area contributed by atoms with E-state index in [4.69, 9.17) is 6.42 Å². The number of nitrogens with one attached hydrogen (secondary N) is 1. The summed E-state index contributed by atoms with van der Waals surface area (Å²) in [6.07, 6.45) is 8.19. The fourth-order valence-corrected chi connectivity index (χ4v) is 3.92. The van der Waals surface area contributed by atoms with Crippen molar-refractivity contribution in [3.8, 4) is 12.3 Å². The van der Waals surface area contributed by atoms with Crippen LogP contribution in [0.1, 0.15) is 12.8 Å².